The molecular weight excluding hydrogens is 775 g/mol. The van der Waals surface area contributed by atoms with Gasteiger partial charge in [0.25, 0.3) is 0 Å². The van der Waals surface area contributed by atoms with Gasteiger partial charge in [-0.3, -0.25) is 0 Å². The van der Waals surface area contributed by atoms with Crippen molar-refractivity contribution < 1.29 is 0 Å². The predicted octanol–water partition coefficient (Wildman–Crippen LogP) is 16.3. The van der Waals surface area contributed by atoms with E-state index in [-0.39, 0.29) is 0 Å². The van der Waals surface area contributed by atoms with E-state index >= 15 is 0 Å². The summed E-state index contributed by atoms with van der Waals surface area (Å²) in [5.74, 6) is 0. The van der Waals surface area contributed by atoms with Gasteiger partial charge in [-0.15, -0.1) is 0 Å². The average molecular weight is 814 g/mol. The standard InChI is InChI=1S/C61H39N3/c1-4-14-40(15-5-1)42-24-30-47(31-25-42)64-56-23-13-11-21-52(56)61-58(64)36-29-45-28-34-50-49(59(45)61)35-37-57-60(50)51-20-10-12-22-55(51)63(57)48-32-26-44(27-33-48)54-39-46(41-16-6-2-7-17-41)38-53(62-54)43-18-8-3-9-19-43/h1-39H. The van der Waals surface area contributed by atoms with E-state index in [1.807, 2.05) is 0 Å². The minimum Gasteiger partial charge on any atom is -0.309 e. The molecule has 3 aromatic heterocycles. The Morgan fingerprint density at radius 1 is 0.250 bits per heavy atom. The van der Waals surface area contributed by atoms with Crippen molar-refractivity contribution in [2.75, 3.05) is 0 Å². The van der Waals surface area contributed by atoms with Crippen LogP contribution in [0.25, 0.3) is 121 Å². The maximum Gasteiger partial charge on any atom is 0.0715 e. The Bertz CT molecular complexity index is 3840. The summed E-state index contributed by atoms with van der Waals surface area (Å²) in [6.07, 6.45) is 0. The van der Waals surface area contributed by atoms with E-state index in [4.69, 9.17) is 4.98 Å². The third kappa shape index (κ3) is 5.72. The molecule has 0 N–H and O–H groups in total. The van der Waals surface area contributed by atoms with Gasteiger partial charge >= 0.3 is 0 Å². The predicted molar refractivity (Wildman–Crippen MR) is 270 cm³/mol. The van der Waals surface area contributed by atoms with E-state index in [2.05, 4.69) is 246 Å². The number of fused-ring (bicyclic) bond motifs is 11. The summed E-state index contributed by atoms with van der Waals surface area (Å²) in [5.41, 5.74) is 15.9. The lowest BCUT2D eigenvalue weighted by molar-refractivity contribution is 1.18. The number of aromatic nitrogens is 3. The lowest BCUT2D eigenvalue weighted by Gasteiger charge is -2.13. The van der Waals surface area contributed by atoms with Gasteiger partial charge in [0.2, 0.25) is 0 Å². The van der Waals surface area contributed by atoms with E-state index in [0.717, 1.165) is 39.5 Å². The van der Waals surface area contributed by atoms with Crippen LogP contribution in [0.5, 0.6) is 0 Å². The Morgan fingerprint density at radius 3 is 1.27 bits per heavy atom. The van der Waals surface area contributed by atoms with E-state index in [1.54, 1.807) is 0 Å². The summed E-state index contributed by atoms with van der Waals surface area (Å²) in [6, 6.07) is 85.6. The maximum absolute atomic E-state index is 5.22. The van der Waals surface area contributed by atoms with Crippen molar-refractivity contribution in [3.05, 3.63) is 237 Å². The summed E-state index contributed by atoms with van der Waals surface area (Å²) in [6.45, 7) is 0. The van der Waals surface area contributed by atoms with Crippen molar-refractivity contribution in [2.24, 2.45) is 0 Å². The molecule has 0 radical (unpaired) electrons. The second kappa shape index (κ2) is 14.5. The number of nitrogens with zero attached hydrogens (tertiary/aromatic N) is 3. The zero-order chi connectivity index (χ0) is 42.1. The van der Waals surface area contributed by atoms with Gasteiger partial charge < -0.3 is 9.13 Å². The smallest absolute Gasteiger partial charge is 0.0715 e. The van der Waals surface area contributed by atoms with E-state index in [1.165, 1.54) is 81.8 Å². The van der Waals surface area contributed by atoms with Crippen LogP contribution in [0.4, 0.5) is 0 Å². The third-order valence-electron chi connectivity index (χ3n) is 13.1. The van der Waals surface area contributed by atoms with Crippen molar-refractivity contribution in [3.8, 4) is 56.1 Å². The van der Waals surface area contributed by atoms with E-state index in [0.29, 0.717) is 0 Å². The van der Waals surface area contributed by atoms with Crippen molar-refractivity contribution in [3.63, 3.8) is 0 Å². The Labute approximate surface area is 370 Å². The largest absolute Gasteiger partial charge is 0.309 e. The summed E-state index contributed by atoms with van der Waals surface area (Å²) in [4.78, 5) is 5.22. The minimum absolute atomic E-state index is 0.948. The molecule has 64 heavy (non-hydrogen) atoms. The summed E-state index contributed by atoms with van der Waals surface area (Å²) >= 11 is 0. The maximum atomic E-state index is 5.22. The first-order valence-corrected chi connectivity index (χ1v) is 22.0. The second-order valence-electron chi connectivity index (χ2n) is 16.7. The van der Waals surface area contributed by atoms with Crippen molar-refractivity contribution in [1.82, 2.24) is 14.1 Å². The highest BCUT2D eigenvalue weighted by Gasteiger charge is 2.20. The van der Waals surface area contributed by atoms with Crippen LogP contribution in [0.15, 0.2) is 237 Å². The van der Waals surface area contributed by atoms with Crippen molar-refractivity contribution in [2.45, 2.75) is 0 Å². The number of pyridine rings is 1. The van der Waals surface area contributed by atoms with Crippen LogP contribution in [-0.4, -0.2) is 14.1 Å². The van der Waals surface area contributed by atoms with Crippen LogP contribution in [0.2, 0.25) is 0 Å². The number of hydrogen-bond acceptors (Lipinski definition) is 1. The molecule has 0 spiro atoms. The van der Waals surface area contributed by atoms with Gasteiger partial charge in [-0.25, -0.2) is 4.98 Å². The highest BCUT2D eigenvalue weighted by Crippen LogP contribution is 2.44. The summed E-state index contributed by atoms with van der Waals surface area (Å²) in [5, 5.41) is 10.1. The van der Waals surface area contributed by atoms with Crippen LogP contribution in [-0.2, 0) is 0 Å². The SMILES string of the molecule is c1ccc(-c2ccc(-n3c4ccccc4c4c5c(ccc6c5ccc5c6c6ccccc6n5-c5ccc(-c6cc(-c7ccccc7)cc(-c7ccccc7)n6)cc5)ccc43)cc2)cc1. The molecule has 3 nitrogen and oxygen atoms in total. The fourth-order valence-corrected chi connectivity index (χ4v) is 10.2. The average Bonchev–Trinajstić information content (AvgIpc) is 3.90. The molecule has 0 unspecified atom stereocenters. The Balaban J connectivity index is 0.975. The highest BCUT2D eigenvalue weighted by atomic mass is 15.0. The molecule has 0 atom stereocenters. The fourth-order valence-electron chi connectivity index (χ4n) is 10.2. The van der Waals surface area contributed by atoms with Gasteiger partial charge in [-0.1, -0.05) is 176 Å². The fraction of sp³-hybridized carbons (Fsp3) is 0. The topological polar surface area (TPSA) is 22.8 Å². The molecule has 0 saturated carbocycles. The Hall–Kier alpha value is -8.53. The van der Waals surface area contributed by atoms with Gasteiger partial charge in [0.15, 0.2) is 0 Å². The highest BCUT2D eigenvalue weighted by molar-refractivity contribution is 6.32. The quantitative estimate of drug-likeness (QED) is 0.153. The van der Waals surface area contributed by atoms with Crippen LogP contribution in [0.1, 0.15) is 0 Å². The van der Waals surface area contributed by atoms with Gasteiger partial charge in [0, 0.05) is 44.0 Å². The molecule has 298 valence electrons. The molecule has 3 heteroatoms. The molecule has 3 heterocycles. The number of benzene rings is 10. The van der Waals surface area contributed by atoms with E-state index in [9.17, 15) is 0 Å². The monoisotopic (exact) mass is 813 g/mol. The first kappa shape index (κ1) is 36.2. The van der Waals surface area contributed by atoms with Crippen LogP contribution < -0.4 is 0 Å². The number of para-hydroxylation sites is 2. The summed E-state index contributed by atoms with van der Waals surface area (Å²) in [7, 11) is 0. The van der Waals surface area contributed by atoms with Gasteiger partial charge in [0.1, 0.15) is 0 Å². The molecule has 0 aliphatic rings. The van der Waals surface area contributed by atoms with Crippen LogP contribution in [0.3, 0.4) is 0 Å². The molecule has 13 rings (SSSR count). The molecule has 10 aromatic carbocycles. The third-order valence-corrected chi connectivity index (χ3v) is 13.1. The summed E-state index contributed by atoms with van der Waals surface area (Å²) < 4.78 is 4.86. The molecular formula is C61H39N3. The molecule has 0 aliphatic heterocycles. The van der Waals surface area contributed by atoms with Crippen LogP contribution in [0, 0.1) is 0 Å². The minimum atomic E-state index is 0.948. The lowest BCUT2D eigenvalue weighted by Crippen LogP contribution is -1.95. The van der Waals surface area contributed by atoms with Gasteiger partial charge in [0.05, 0.1) is 33.5 Å². The molecule has 0 saturated heterocycles. The molecule has 0 aliphatic carbocycles. The second-order valence-corrected chi connectivity index (χ2v) is 16.7. The van der Waals surface area contributed by atoms with Gasteiger partial charge in [-0.2, -0.15) is 0 Å². The lowest BCUT2D eigenvalue weighted by atomic mass is 9.95. The molecule has 13 aromatic rings. The normalized spacial score (nSPS) is 11.8. The molecule has 0 amide bonds. The van der Waals surface area contributed by atoms with Crippen molar-refractivity contribution in [1.29, 1.82) is 0 Å². The Kier molecular flexibility index (Phi) is 8.22. The number of hydrogen-bond donors (Lipinski definition) is 0. The molecule has 0 bridgehead atoms. The van der Waals surface area contributed by atoms with Crippen LogP contribution >= 0.6 is 0 Å². The number of rotatable bonds is 6. The zero-order valence-electron chi connectivity index (χ0n) is 34.9. The zero-order valence-corrected chi connectivity index (χ0v) is 34.9. The first-order valence-electron chi connectivity index (χ1n) is 22.0. The molecule has 0 fully saturated rings. The first-order chi connectivity index (χ1) is 31.7. The van der Waals surface area contributed by atoms with Gasteiger partial charge in [-0.05, 0) is 104 Å². The Morgan fingerprint density at radius 2 is 0.656 bits per heavy atom. The van der Waals surface area contributed by atoms with Crippen molar-refractivity contribution >= 4 is 65.2 Å². The van der Waals surface area contributed by atoms with E-state index < -0.39 is 0 Å².